The molecule has 0 bridgehead atoms. The highest BCUT2D eigenvalue weighted by Crippen LogP contribution is 2.22. The van der Waals surface area contributed by atoms with Gasteiger partial charge in [-0.15, -0.1) is 0 Å². The van der Waals surface area contributed by atoms with Gasteiger partial charge < -0.3 is 4.98 Å². The Morgan fingerprint density at radius 1 is 0.875 bits per heavy atom. The number of hydrogen-bond donors (Lipinski definition) is 1. The Morgan fingerprint density at radius 3 is 2.42 bits per heavy atom. The normalized spacial score (nSPS) is 10.7. The number of aryl methyl sites for hydroxylation is 1. The van der Waals surface area contributed by atoms with Gasteiger partial charge in [-0.3, -0.25) is 4.79 Å². The van der Waals surface area contributed by atoms with E-state index in [2.05, 4.69) is 54.4 Å². The molecule has 2 nitrogen and oxygen atoms in total. The minimum Gasteiger partial charge on any atom is -0.329 e. The molecule has 3 rings (SSSR count). The van der Waals surface area contributed by atoms with Crippen molar-refractivity contribution in [1.82, 2.24) is 4.98 Å². The van der Waals surface area contributed by atoms with Crippen LogP contribution in [0, 0.1) is 0 Å². The Kier molecular flexibility index (Phi) is 5.27. The zero-order valence-electron chi connectivity index (χ0n) is 14.1. The van der Waals surface area contributed by atoms with Gasteiger partial charge in [0.25, 0.3) is 5.56 Å². The molecule has 0 aliphatic carbocycles. The number of benzene rings is 2. The predicted molar refractivity (Wildman–Crippen MR) is 100 cm³/mol. The first-order chi connectivity index (χ1) is 11.8. The number of aromatic nitrogens is 1. The lowest BCUT2D eigenvalue weighted by Crippen LogP contribution is -2.07. The first-order valence-electron chi connectivity index (χ1n) is 8.61. The maximum absolute atomic E-state index is 12.2. The minimum absolute atomic E-state index is 0.0317. The molecule has 2 aromatic carbocycles. The van der Waals surface area contributed by atoms with Crippen LogP contribution in [0.25, 0.3) is 11.1 Å². The van der Waals surface area contributed by atoms with Gasteiger partial charge in [-0.1, -0.05) is 61.9 Å². The summed E-state index contributed by atoms with van der Waals surface area (Å²) in [6.07, 6.45) is 5.95. The molecule has 3 aromatic rings. The van der Waals surface area contributed by atoms with Crippen LogP contribution < -0.4 is 5.56 Å². The molecule has 0 spiro atoms. The SMILES string of the molecule is CCCCc1cc(Cc2ccccc2)cc(-c2ccc[nH]c2=O)c1. The van der Waals surface area contributed by atoms with Crippen LogP contribution in [-0.4, -0.2) is 4.98 Å². The zero-order chi connectivity index (χ0) is 16.8. The van der Waals surface area contributed by atoms with E-state index in [0.717, 1.165) is 24.0 Å². The maximum atomic E-state index is 12.2. The smallest absolute Gasteiger partial charge is 0.255 e. The van der Waals surface area contributed by atoms with E-state index in [-0.39, 0.29) is 5.56 Å². The van der Waals surface area contributed by atoms with Crippen LogP contribution in [0.3, 0.4) is 0 Å². The van der Waals surface area contributed by atoms with Gasteiger partial charge in [-0.25, -0.2) is 0 Å². The van der Waals surface area contributed by atoms with Crippen LogP contribution in [0.5, 0.6) is 0 Å². The van der Waals surface area contributed by atoms with Crippen LogP contribution >= 0.6 is 0 Å². The van der Waals surface area contributed by atoms with Gasteiger partial charge in [0.2, 0.25) is 0 Å². The number of pyridine rings is 1. The van der Waals surface area contributed by atoms with Crippen molar-refractivity contribution < 1.29 is 0 Å². The van der Waals surface area contributed by atoms with Gasteiger partial charge in [0, 0.05) is 11.8 Å². The van der Waals surface area contributed by atoms with Gasteiger partial charge in [0.1, 0.15) is 0 Å². The number of hydrogen-bond acceptors (Lipinski definition) is 1. The largest absolute Gasteiger partial charge is 0.329 e. The monoisotopic (exact) mass is 317 g/mol. The fourth-order valence-corrected chi connectivity index (χ4v) is 3.03. The van der Waals surface area contributed by atoms with E-state index in [9.17, 15) is 4.79 Å². The molecule has 2 heteroatoms. The van der Waals surface area contributed by atoms with Crippen LogP contribution in [0.2, 0.25) is 0 Å². The van der Waals surface area contributed by atoms with Crippen molar-refractivity contribution in [2.75, 3.05) is 0 Å². The minimum atomic E-state index is -0.0317. The van der Waals surface area contributed by atoms with Gasteiger partial charge in [0.05, 0.1) is 0 Å². The zero-order valence-corrected chi connectivity index (χ0v) is 14.1. The van der Waals surface area contributed by atoms with Gasteiger partial charge in [-0.2, -0.15) is 0 Å². The summed E-state index contributed by atoms with van der Waals surface area (Å²) in [7, 11) is 0. The van der Waals surface area contributed by atoms with E-state index in [1.165, 1.54) is 29.5 Å². The Labute approximate surface area is 143 Å². The molecule has 24 heavy (non-hydrogen) atoms. The molecule has 0 saturated heterocycles. The van der Waals surface area contributed by atoms with E-state index >= 15 is 0 Å². The lowest BCUT2D eigenvalue weighted by molar-refractivity contribution is 0.794. The third kappa shape index (κ3) is 4.02. The second-order valence-electron chi connectivity index (χ2n) is 6.22. The lowest BCUT2D eigenvalue weighted by Gasteiger charge is -2.10. The molecule has 1 heterocycles. The fraction of sp³-hybridized carbons (Fsp3) is 0.227. The average molecular weight is 317 g/mol. The summed E-state index contributed by atoms with van der Waals surface area (Å²) in [5.41, 5.74) is 5.58. The molecule has 0 aliphatic heterocycles. The van der Waals surface area contributed by atoms with Crippen LogP contribution in [0.15, 0.2) is 71.7 Å². The van der Waals surface area contributed by atoms with Crippen LogP contribution in [0.4, 0.5) is 0 Å². The second-order valence-corrected chi connectivity index (χ2v) is 6.22. The summed E-state index contributed by atoms with van der Waals surface area (Å²) in [6, 6.07) is 20.8. The van der Waals surface area contributed by atoms with Crippen LogP contribution in [0.1, 0.15) is 36.5 Å². The molecular formula is C22H23NO. The Balaban J connectivity index is 2.00. The quantitative estimate of drug-likeness (QED) is 0.683. The van der Waals surface area contributed by atoms with Crippen molar-refractivity contribution >= 4 is 0 Å². The number of H-pyrrole nitrogens is 1. The molecule has 0 fully saturated rings. The standard InChI is InChI=1S/C22H23NO/c1-2-3-8-18-14-19(13-17-9-5-4-6-10-17)16-20(15-18)21-11-7-12-23-22(21)24/h4-7,9-12,14-16H,2-3,8,13H2,1H3,(H,23,24). The van der Waals surface area contributed by atoms with E-state index in [4.69, 9.17) is 0 Å². The summed E-state index contributed by atoms with van der Waals surface area (Å²) in [6.45, 7) is 2.20. The lowest BCUT2D eigenvalue weighted by atomic mass is 9.95. The van der Waals surface area contributed by atoms with Gasteiger partial charge in [-0.05, 0) is 53.6 Å². The Bertz CT molecular complexity index is 849. The van der Waals surface area contributed by atoms with Crippen molar-refractivity contribution in [1.29, 1.82) is 0 Å². The molecule has 122 valence electrons. The number of unbranched alkanes of at least 4 members (excludes halogenated alkanes) is 1. The molecule has 0 radical (unpaired) electrons. The summed E-state index contributed by atoms with van der Waals surface area (Å²) < 4.78 is 0. The highest BCUT2D eigenvalue weighted by atomic mass is 16.1. The number of nitrogens with one attached hydrogen (secondary N) is 1. The van der Waals surface area contributed by atoms with Crippen molar-refractivity contribution in [2.24, 2.45) is 0 Å². The fourth-order valence-electron chi connectivity index (χ4n) is 3.03. The third-order valence-corrected chi connectivity index (χ3v) is 4.25. The third-order valence-electron chi connectivity index (χ3n) is 4.25. The van der Waals surface area contributed by atoms with Crippen molar-refractivity contribution in [3.8, 4) is 11.1 Å². The number of rotatable bonds is 6. The van der Waals surface area contributed by atoms with E-state index < -0.39 is 0 Å². The molecule has 0 unspecified atom stereocenters. The molecular weight excluding hydrogens is 294 g/mol. The first kappa shape index (κ1) is 16.3. The summed E-state index contributed by atoms with van der Waals surface area (Å²) >= 11 is 0. The van der Waals surface area contributed by atoms with E-state index in [1.807, 2.05) is 18.2 Å². The van der Waals surface area contributed by atoms with E-state index in [1.54, 1.807) is 6.20 Å². The molecule has 1 aromatic heterocycles. The first-order valence-corrected chi connectivity index (χ1v) is 8.61. The summed E-state index contributed by atoms with van der Waals surface area (Å²) in [4.78, 5) is 14.9. The van der Waals surface area contributed by atoms with Crippen LogP contribution in [-0.2, 0) is 12.8 Å². The summed E-state index contributed by atoms with van der Waals surface area (Å²) in [5.74, 6) is 0. The average Bonchev–Trinajstić information content (AvgIpc) is 2.61. The Hall–Kier alpha value is -2.61. The molecule has 0 saturated carbocycles. The van der Waals surface area contributed by atoms with E-state index in [0.29, 0.717) is 0 Å². The molecule has 0 atom stereocenters. The van der Waals surface area contributed by atoms with Gasteiger partial charge >= 0.3 is 0 Å². The second kappa shape index (κ2) is 7.78. The van der Waals surface area contributed by atoms with Crippen molar-refractivity contribution in [3.63, 3.8) is 0 Å². The molecule has 0 aliphatic rings. The summed E-state index contributed by atoms with van der Waals surface area (Å²) in [5, 5.41) is 0. The molecule has 1 N–H and O–H groups in total. The van der Waals surface area contributed by atoms with Crippen molar-refractivity contribution in [2.45, 2.75) is 32.6 Å². The predicted octanol–water partition coefficient (Wildman–Crippen LogP) is 4.98. The molecule has 0 amide bonds. The highest BCUT2D eigenvalue weighted by Gasteiger charge is 2.07. The van der Waals surface area contributed by atoms with Gasteiger partial charge in [0.15, 0.2) is 0 Å². The topological polar surface area (TPSA) is 32.9 Å². The van der Waals surface area contributed by atoms with Crippen molar-refractivity contribution in [3.05, 3.63) is 93.9 Å². The Morgan fingerprint density at radius 2 is 1.67 bits per heavy atom. The maximum Gasteiger partial charge on any atom is 0.255 e. The highest BCUT2D eigenvalue weighted by molar-refractivity contribution is 5.64. The number of aromatic amines is 1.